The van der Waals surface area contributed by atoms with E-state index in [2.05, 4.69) is 4.98 Å². The summed E-state index contributed by atoms with van der Waals surface area (Å²) in [5, 5.41) is 0.514. The molecule has 0 aliphatic heterocycles. The van der Waals surface area contributed by atoms with Crippen LogP contribution in [0.4, 0.5) is 0 Å². The van der Waals surface area contributed by atoms with Gasteiger partial charge in [0.25, 0.3) is 5.88 Å². The molecule has 0 saturated heterocycles. The Morgan fingerprint density at radius 3 is 2.86 bits per heavy atom. The third-order valence-electron chi connectivity index (χ3n) is 2.90. The van der Waals surface area contributed by atoms with Crippen molar-refractivity contribution in [2.75, 3.05) is 0 Å². The molecule has 0 spiro atoms. The minimum atomic E-state index is -0.269. The summed E-state index contributed by atoms with van der Waals surface area (Å²) in [5.41, 5.74) is 6.16. The van der Waals surface area contributed by atoms with Gasteiger partial charge < -0.3 is 15.0 Å². The van der Waals surface area contributed by atoms with Gasteiger partial charge in [0.05, 0.1) is 0 Å². The summed E-state index contributed by atoms with van der Waals surface area (Å²) in [6.45, 7) is 4.98. The lowest BCUT2D eigenvalue weighted by Gasteiger charge is -2.12. The van der Waals surface area contributed by atoms with Gasteiger partial charge in [-0.2, -0.15) is 0 Å². The number of benzene rings is 1. The predicted molar refractivity (Wildman–Crippen MR) is 82.8 cm³/mol. The molecule has 6 heteroatoms. The Labute approximate surface area is 128 Å². The van der Waals surface area contributed by atoms with Crippen LogP contribution in [0.15, 0.2) is 35.4 Å². The van der Waals surface area contributed by atoms with Gasteiger partial charge >= 0.3 is 5.56 Å². The highest BCUT2D eigenvalue weighted by Gasteiger charge is 2.11. The first-order valence-corrected chi connectivity index (χ1v) is 7.11. The van der Waals surface area contributed by atoms with E-state index in [9.17, 15) is 4.79 Å². The van der Waals surface area contributed by atoms with Crippen molar-refractivity contribution in [2.24, 2.45) is 11.7 Å². The molecule has 0 radical (unpaired) electrons. The summed E-state index contributed by atoms with van der Waals surface area (Å²) >= 11 is 5.96. The fourth-order valence-corrected chi connectivity index (χ4v) is 2.09. The molecule has 0 atom stereocenters. The molecule has 1 heterocycles. The van der Waals surface area contributed by atoms with Gasteiger partial charge in [-0.3, -0.25) is 4.79 Å². The molecule has 1 aromatic heterocycles. The second-order valence-electron chi connectivity index (χ2n) is 5.14. The first kappa shape index (κ1) is 15.5. The Morgan fingerprint density at radius 1 is 1.43 bits per heavy atom. The van der Waals surface area contributed by atoms with Crippen LogP contribution in [-0.4, -0.2) is 9.55 Å². The van der Waals surface area contributed by atoms with Crippen molar-refractivity contribution in [2.45, 2.75) is 26.9 Å². The van der Waals surface area contributed by atoms with E-state index in [1.807, 2.05) is 13.8 Å². The predicted octanol–water partition coefficient (Wildman–Crippen LogP) is 2.80. The number of hydrogen-bond acceptors (Lipinski definition) is 4. The van der Waals surface area contributed by atoms with Gasteiger partial charge in [0.1, 0.15) is 5.75 Å². The first-order chi connectivity index (χ1) is 10.0. The van der Waals surface area contributed by atoms with Crippen LogP contribution >= 0.6 is 11.6 Å². The second-order valence-corrected chi connectivity index (χ2v) is 5.58. The van der Waals surface area contributed by atoms with Crippen molar-refractivity contribution >= 4 is 11.6 Å². The third-order valence-corrected chi connectivity index (χ3v) is 3.13. The molecular weight excluding hydrogens is 290 g/mol. The second kappa shape index (κ2) is 6.74. The molecule has 1 aromatic carbocycles. The molecule has 0 unspecified atom stereocenters. The van der Waals surface area contributed by atoms with Crippen LogP contribution in [0.25, 0.3) is 0 Å². The maximum atomic E-state index is 12.3. The molecule has 0 aliphatic carbocycles. The molecule has 2 N–H and O–H groups in total. The Balaban J connectivity index is 2.36. The van der Waals surface area contributed by atoms with E-state index in [1.54, 1.807) is 35.2 Å². The van der Waals surface area contributed by atoms with E-state index < -0.39 is 0 Å². The van der Waals surface area contributed by atoms with Crippen LogP contribution in [0.3, 0.4) is 0 Å². The average molecular weight is 308 g/mol. The Kier molecular flexibility index (Phi) is 4.98. The summed E-state index contributed by atoms with van der Waals surface area (Å²) in [6, 6.07) is 5.13. The highest BCUT2D eigenvalue weighted by molar-refractivity contribution is 6.30. The van der Waals surface area contributed by atoms with E-state index in [1.165, 1.54) is 0 Å². The standard InChI is InChI=1S/C15H18ClN3O2/c1-10(2)9-19-6-5-18-14(15(19)20)21-13-7-12(16)4-3-11(13)8-17/h3-7,10H,8-9,17H2,1-2H3. The van der Waals surface area contributed by atoms with Crippen molar-refractivity contribution < 1.29 is 4.74 Å². The van der Waals surface area contributed by atoms with Gasteiger partial charge in [0.15, 0.2) is 0 Å². The van der Waals surface area contributed by atoms with Crippen LogP contribution in [0.5, 0.6) is 11.6 Å². The Bertz CT molecular complexity index is 683. The number of ether oxygens (including phenoxy) is 1. The maximum absolute atomic E-state index is 12.3. The molecule has 2 rings (SSSR count). The molecule has 0 fully saturated rings. The van der Waals surface area contributed by atoms with Crippen LogP contribution in [0.1, 0.15) is 19.4 Å². The highest BCUT2D eigenvalue weighted by Crippen LogP contribution is 2.26. The van der Waals surface area contributed by atoms with Crippen molar-refractivity contribution in [1.82, 2.24) is 9.55 Å². The van der Waals surface area contributed by atoms with Crippen molar-refractivity contribution in [3.63, 3.8) is 0 Å². The van der Waals surface area contributed by atoms with Crippen LogP contribution < -0.4 is 16.0 Å². The fraction of sp³-hybridized carbons (Fsp3) is 0.333. The van der Waals surface area contributed by atoms with E-state index in [0.717, 1.165) is 5.56 Å². The zero-order valence-electron chi connectivity index (χ0n) is 12.0. The molecule has 112 valence electrons. The molecule has 21 heavy (non-hydrogen) atoms. The third kappa shape index (κ3) is 3.83. The van der Waals surface area contributed by atoms with E-state index in [-0.39, 0.29) is 11.4 Å². The lowest BCUT2D eigenvalue weighted by Crippen LogP contribution is -2.23. The average Bonchev–Trinajstić information content (AvgIpc) is 2.43. The van der Waals surface area contributed by atoms with E-state index in [0.29, 0.717) is 29.8 Å². The minimum Gasteiger partial charge on any atom is -0.434 e. The molecule has 0 saturated carbocycles. The Morgan fingerprint density at radius 2 is 2.19 bits per heavy atom. The molecule has 5 nitrogen and oxygen atoms in total. The normalized spacial score (nSPS) is 10.9. The highest BCUT2D eigenvalue weighted by atomic mass is 35.5. The molecule has 2 aromatic rings. The maximum Gasteiger partial charge on any atom is 0.313 e. The Hall–Kier alpha value is -1.85. The lowest BCUT2D eigenvalue weighted by molar-refractivity contribution is 0.428. The molecule has 0 aliphatic rings. The monoisotopic (exact) mass is 307 g/mol. The quantitative estimate of drug-likeness (QED) is 0.922. The van der Waals surface area contributed by atoms with Crippen LogP contribution in [0.2, 0.25) is 5.02 Å². The van der Waals surface area contributed by atoms with Gasteiger partial charge in [-0.25, -0.2) is 4.98 Å². The summed E-state index contributed by atoms with van der Waals surface area (Å²) in [4.78, 5) is 16.3. The topological polar surface area (TPSA) is 70.1 Å². The largest absolute Gasteiger partial charge is 0.434 e. The van der Waals surface area contributed by atoms with E-state index >= 15 is 0 Å². The van der Waals surface area contributed by atoms with Gasteiger partial charge in [0, 0.05) is 36.1 Å². The van der Waals surface area contributed by atoms with E-state index in [4.69, 9.17) is 22.1 Å². The van der Waals surface area contributed by atoms with Crippen molar-refractivity contribution in [3.05, 3.63) is 51.5 Å². The summed E-state index contributed by atoms with van der Waals surface area (Å²) in [6.07, 6.45) is 3.20. The minimum absolute atomic E-state index is 0.0233. The first-order valence-electron chi connectivity index (χ1n) is 6.73. The zero-order valence-corrected chi connectivity index (χ0v) is 12.8. The molecular formula is C15H18ClN3O2. The van der Waals surface area contributed by atoms with Gasteiger partial charge in [-0.15, -0.1) is 0 Å². The van der Waals surface area contributed by atoms with Gasteiger partial charge in [0.2, 0.25) is 0 Å². The summed E-state index contributed by atoms with van der Waals surface area (Å²) in [5.74, 6) is 0.829. The van der Waals surface area contributed by atoms with Crippen molar-refractivity contribution in [1.29, 1.82) is 0 Å². The van der Waals surface area contributed by atoms with Gasteiger partial charge in [-0.1, -0.05) is 31.5 Å². The lowest BCUT2D eigenvalue weighted by atomic mass is 10.2. The number of nitrogens with two attached hydrogens (primary N) is 1. The fourth-order valence-electron chi connectivity index (χ4n) is 1.93. The molecule has 0 bridgehead atoms. The number of hydrogen-bond donors (Lipinski definition) is 1. The zero-order chi connectivity index (χ0) is 15.4. The number of rotatable bonds is 5. The number of nitrogens with zero attached hydrogens (tertiary/aromatic N) is 2. The van der Waals surface area contributed by atoms with Crippen molar-refractivity contribution in [3.8, 4) is 11.6 Å². The van der Waals surface area contributed by atoms with Crippen LogP contribution in [-0.2, 0) is 13.1 Å². The smallest absolute Gasteiger partial charge is 0.313 e. The summed E-state index contributed by atoms with van der Waals surface area (Å²) in [7, 11) is 0. The van der Waals surface area contributed by atoms with Crippen LogP contribution in [0, 0.1) is 5.92 Å². The SMILES string of the molecule is CC(C)Cn1ccnc(Oc2cc(Cl)ccc2CN)c1=O. The molecule has 0 amide bonds. The summed E-state index contributed by atoms with van der Waals surface area (Å²) < 4.78 is 7.21. The van der Waals surface area contributed by atoms with Gasteiger partial charge in [-0.05, 0) is 18.1 Å². The number of halogens is 1. The number of aromatic nitrogens is 2.